The van der Waals surface area contributed by atoms with Crippen molar-refractivity contribution in [1.29, 1.82) is 5.26 Å². The predicted octanol–water partition coefficient (Wildman–Crippen LogP) is 3.36. The topological polar surface area (TPSA) is 52.5 Å². The van der Waals surface area contributed by atoms with Crippen molar-refractivity contribution >= 4 is 23.6 Å². The van der Waals surface area contributed by atoms with Crippen LogP contribution in [-0.2, 0) is 0 Å². The first-order valence-corrected chi connectivity index (χ1v) is 5.92. The van der Waals surface area contributed by atoms with E-state index in [9.17, 15) is 0 Å². The maximum Gasteiger partial charge on any atom is 0.130 e. The van der Waals surface area contributed by atoms with Crippen LogP contribution in [0.3, 0.4) is 0 Å². The van der Waals surface area contributed by atoms with Crippen LogP contribution in [0.5, 0.6) is 0 Å². The van der Waals surface area contributed by atoms with Crippen molar-refractivity contribution < 1.29 is 0 Å². The molecule has 0 spiro atoms. The van der Waals surface area contributed by atoms with Gasteiger partial charge in [-0.05, 0) is 26.0 Å². The molecule has 0 bridgehead atoms. The fraction of sp³-hybridized carbons (Fsp3) is 0.182. The Hall–Kier alpha value is -1.51. The van der Waals surface area contributed by atoms with Gasteiger partial charge in [0.25, 0.3) is 0 Å². The van der Waals surface area contributed by atoms with E-state index in [1.165, 1.54) is 11.3 Å². The Kier molecular flexibility index (Phi) is 2.86. The summed E-state index contributed by atoms with van der Waals surface area (Å²) in [5, 5.41) is 8.77. The fourth-order valence-corrected chi connectivity index (χ4v) is 2.49. The standard InChI is InChI=1S/C11H9N3S2/c1-6-7(2)14-11(15)10(13-6)9-4-3-8(5-12)16-9/h3-4H,1-2H3,(H,14,15). The molecule has 0 aliphatic heterocycles. The lowest BCUT2D eigenvalue weighted by molar-refractivity contribution is 1.04. The maximum absolute atomic E-state index is 8.77. The molecular formula is C11H9N3S2. The zero-order chi connectivity index (χ0) is 11.7. The summed E-state index contributed by atoms with van der Waals surface area (Å²) in [4.78, 5) is 9.17. The van der Waals surface area contributed by atoms with Crippen LogP contribution in [0.2, 0.25) is 0 Å². The van der Waals surface area contributed by atoms with Crippen LogP contribution in [0, 0.1) is 29.8 Å². The number of hydrogen-bond donors (Lipinski definition) is 1. The summed E-state index contributed by atoms with van der Waals surface area (Å²) in [5.41, 5.74) is 2.66. The van der Waals surface area contributed by atoms with E-state index in [2.05, 4.69) is 16.0 Å². The Morgan fingerprint density at radius 2 is 2.19 bits per heavy atom. The molecule has 0 radical (unpaired) electrons. The molecule has 16 heavy (non-hydrogen) atoms. The number of H-pyrrole nitrogens is 1. The lowest BCUT2D eigenvalue weighted by Gasteiger charge is -2.02. The molecule has 0 atom stereocenters. The Balaban J connectivity index is 2.61. The summed E-state index contributed by atoms with van der Waals surface area (Å²) in [6.07, 6.45) is 0. The van der Waals surface area contributed by atoms with Crippen molar-refractivity contribution in [2.75, 3.05) is 0 Å². The number of aromatic amines is 1. The van der Waals surface area contributed by atoms with Crippen molar-refractivity contribution in [2.45, 2.75) is 13.8 Å². The van der Waals surface area contributed by atoms with Gasteiger partial charge in [0, 0.05) is 5.69 Å². The van der Waals surface area contributed by atoms with E-state index in [4.69, 9.17) is 17.5 Å². The summed E-state index contributed by atoms with van der Waals surface area (Å²) < 4.78 is 0.620. The highest BCUT2D eigenvalue weighted by Gasteiger charge is 2.08. The first-order valence-electron chi connectivity index (χ1n) is 4.69. The highest BCUT2D eigenvalue weighted by Crippen LogP contribution is 2.27. The molecule has 0 unspecified atom stereocenters. The SMILES string of the molecule is Cc1nc(-c2ccc(C#N)s2)c(=S)[nH]c1C. The van der Waals surface area contributed by atoms with Gasteiger partial charge >= 0.3 is 0 Å². The Bertz CT molecular complexity index is 631. The molecule has 0 aliphatic rings. The van der Waals surface area contributed by atoms with Gasteiger partial charge in [-0.3, -0.25) is 0 Å². The molecule has 0 fully saturated rings. The van der Waals surface area contributed by atoms with Crippen LogP contribution < -0.4 is 0 Å². The van der Waals surface area contributed by atoms with Gasteiger partial charge < -0.3 is 4.98 Å². The second kappa shape index (κ2) is 4.16. The summed E-state index contributed by atoms with van der Waals surface area (Å²) in [5.74, 6) is 0. The number of nitrogens with one attached hydrogen (secondary N) is 1. The van der Waals surface area contributed by atoms with Gasteiger partial charge in [0.1, 0.15) is 21.3 Å². The van der Waals surface area contributed by atoms with Crippen LogP contribution in [0.15, 0.2) is 12.1 Å². The van der Waals surface area contributed by atoms with E-state index in [-0.39, 0.29) is 0 Å². The Morgan fingerprint density at radius 3 is 2.81 bits per heavy atom. The van der Waals surface area contributed by atoms with Gasteiger partial charge in [0.15, 0.2) is 0 Å². The molecule has 80 valence electrons. The van der Waals surface area contributed by atoms with E-state index in [0.29, 0.717) is 9.52 Å². The minimum absolute atomic E-state index is 0.620. The van der Waals surface area contributed by atoms with E-state index in [1.807, 2.05) is 19.9 Å². The van der Waals surface area contributed by atoms with Crippen LogP contribution in [-0.4, -0.2) is 9.97 Å². The zero-order valence-electron chi connectivity index (χ0n) is 8.87. The third kappa shape index (κ3) is 1.90. The molecule has 0 aliphatic carbocycles. The van der Waals surface area contributed by atoms with Crippen LogP contribution in [0.1, 0.15) is 16.3 Å². The average molecular weight is 247 g/mol. The second-order valence-electron chi connectivity index (χ2n) is 3.40. The van der Waals surface area contributed by atoms with E-state index in [0.717, 1.165) is 22.0 Å². The number of aryl methyl sites for hydroxylation is 2. The molecule has 1 N–H and O–H groups in total. The van der Waals surface area contributed by atoms with Crippen molar-refractivity contribution in [3.63, 3.8) is 0 Å². The van der Waals surface area contributed by atoms with Crippen molar-refractivity contribution in [3.8, 4) is 16.6 Å². The van der Waals surface area contributed by atoms with Gasteiger partial charge in [0.2, 0.25) is 0 Å². The largest absolute Gasteiger partial charge is 0.347 e. The first kappa shape index (κ1) is 11.0. The zero-order valence-corrected chi connectivity index (χ0v) is 10.5. The minimum atomic E-state index is 0.620. The summed E-state index contributed by atoms with van der Waals surface area (Å²) in [6, 6.07) is 5.77. The van der Waals surface area contributed by atoms with E-state index < -0.39 is 0 Å². The van der Waals surface area contributed by atoms with Gasteiger partial charge in [-0.15, -0.1) is 11.3 Å². The normalized spacial score (nSPS) is 10.1. The van der Waals surface area contributed by atoms with Crippen LogP contribution in [0.25, 0.3) is 10.6 Å². The molecule has 0 saturated heterocycles. The lowest BCUT2D eigenvalue weighted by Crippen LogP contribution is -1.94. The quantitative estimate of drug-likeness (QED) is 0.786. The Morgan fingerprint density at radius 1 is 1.44 bits per heavy atom. The third-order valence-corrected chi connectivity index (χ3v) is 3.58. The monoisotopic (exact) mass is 247 g/mol. The molecule has 2 aromatic rings. The van der Waals surface area contributed by atoms with Gasteiger partial charge in [0.05, 0.1) is 10.6 Å². The predicted molar refractivity (Wildman–Crippen MR) is 66.9 cm³/mol. The molecule has 0 amide bonds. The minimum Gasteiger partial charge on any atom is -0.347 e. The number of rotatable bonds is 1. The number of nitriles is 1. The van der Waals surface area contributed by atoms with Gasteiger partial charge in [-0.25, -0.2) is 4.98 Å². The molecule has 5 heteroatoms. The average Bonchev–Trinajstić information content (AvgIpc) is 2.71. The highest BCUT2D eigenvalue weighted by atomic mass is 32.1. The number of thiophene rings is 1. The van der Waals surface area contributed by atoms with Gasteiger partial charge in [-0.2, -0.15) is 5.26 Å². The van der Waals surface area contributed by atoms with Crippen molar-refractivity contribution in [1.82, 2.24) is 9.97 Å². The highest BCUT2D eigenvalue weighted by molar-refractivity contribution is 7.71. The number of nitrogens with zero attached hydrogens (tertiary/aromatic N) is 2. The van der Waals surface area contributed by atoms with Crippen molar-refractivity contribution in [3.05, 3.63) is 33.0 Å². The van der Waals surface area contributed by atoms with Crippen molar-refractivity contribution in [2.24, 2.45) is 0 Å². The summed E-state index contributed by atoms with van der Waals surface area (Å²) in [7, 11) is 0. The smallest absolute Gasteiger partial charge is 0.130 e. The van der Waals surface area contributed by atoms with Crippen LogP contribution in [0.4, 0.5) is 0 Å². The molecule has 2 aromatic heterocycles. The van der Waals surface area contributed by atoms with E-state index in [1.54, 1.807) is 6.07 Å². The van der Waals surface area contributed by atoms with Crippen LogP contribution >= 0.6 is 23.6 Å². The number of aromatic nitrogens is 2. The summed E-state index contributed by atoms with van der Waals surface area (Å²) >= 11 is 6.64. The molecule has 2 rings (SSSR count). The number of hydrogen-bond acceptors (Lipinski definition) is 4. The molecule has 0 saturated carbocycles. The van der Waals surface area contributed by atoms with Gasteiger partial charge in [-0.1, -0.05) is 12.2 Å². The summed E-state index contributed by atoms with van der Waals surface area (Å²) in [6.45, 7) is 3.87. The first-order chi connectivity index (χ1) is 7.61. The molecule has 2 heterocycles. The molecular weight excluding hydrogens is 238 g/mol. The lowest BCUT2D eigenvalue weighted by atomic mass is 10.3. The molecule has 0 aromatic carbocycles. The van der Waals surface area contributed by atoms with E-state index >= 15 is 0 Å². The Labute approximate surface area is 102 Å². The fourth-order valence-electron chi connectivity index (χ4n) is 1.31. The maximum atomic E-state index is 8.77. The third-order valence-electron chi connectivity index (χ3n) is 2.29. The second-order valence-corrected chi connectivity index (χ2v) is 4.89. The molecule has 3 nitrogen and oxygen atoms in total.